The van der Waals surface area contributed by atoms with Gasteiger partial charge in [0, 0.05) is 26.0 Å². The van der Waals surface area contributed by atoms with E-state index in [9.17, 15) is 14.4 Å². The Labute approximate surface area is 119 Å². The number of hydrogen-bond donors (Lipinski definition) is 3. The number of rotatable bonds is 9. The molecule has 0 fully saturated rings. The SMILES string of the molecule is CC(C)COCCNC(=O)NC(=O)CC(C)CC(=O)O. The zero-order chi connectivity index (χ0) is 15.5. The van der Waals surface area contributed by atoms with Crippen LogP contribution in [0, 0.1) is 11.8 Å². The lowest BCUT2D eigenvalue weighted by atomic mass is 10.0. The average Bonchev–Trinajstić information content (AvgIpc) is 2.25. The number of carbonyl (C=O) groups is 3. The maximum atomic E-state index is 11.4. The molecule has 20 heavy (non-hydrogen) atoms. The van der Waals surface area contributed by atoms with E-state index in [1.54, 1.807) is 6.92 Å². The summed E-state index contributed by atoms with van der Waals surface area (Å²) in [7, 11) is 0. The van der Waals surface area contributed by atoms with Crippen molar-refractivity contribution >= 4 is 17.9 Å². The fourth-order valence-electron chi connectivity index (χ4n) is 1.46. The van der Waals surface area contributed by atoms with Crippen molar-refractivity contribution < 1.29 is 24.2 Å². The zero-order valence-electron chi connectivity index (χ0n) is 12.3. The highest BCUT2D eigenvalue weighted by molar-refractivity contribution is 5.94. The second-order valence-electron chi connectivity index (χ2n) is 5.18. The molecule has 1 atom stereocenters. The minimum absolute atomic E-state index is 0.00354. The van der Waals surface area contributed by atoms with Gasteiger partial charge in [0.2, 0.25) is 5.91 Å². The van der Waals surface area contributed by atoms with E-state index in [-0.39, 0.29) is 18.8 Å². The van der Waals surface area contributed by atoms with E-state index < -0.39 is 17.9 Å². The van der Waals surface area contributed by atoms with Gasteiger partial charge in [-0.2, -0.15) is 0 Å². The zero-order valence-corrected chi connectivity index (χ0v) is 12.3. The van der Waals surface area contributed by atoms with Crippen molar-refractivity contribution in [1.29, 1.82) is 0 Å². The number of nitrogens with one attached hydrogen (secondary N) is 2. The van der Waals surface area contributed by atoms with Crippen molar-refractivity contribution in [1.82, 2.24) is 10.6 Å². The summed E-state index contributed by atoms with van der Waals surface area (Å²) in [6.07, 6.45) is -0.0956. The molecule has 7 heteroatoms. The van der Waals surface area contributed by atoms with Gasteiger partial charge in [0.05, 0.1) is 6.61 Å². The van der Waals surface area contributed by atoms with Crippen LogP contribution in [0.1, 0.15) is 33.6 Å². The molecule has 0 aromatic rings. The third-order valence-corrected chi connectivity index (χ3v) is 2.29. The van der Waals surface area contributed by atoms with E-state index in [1.807, 2.05) is 13.8 Å². The van der Waals surface area contributed by atoms with Crippen LogP contribution in [-0.2, 0) is 14.3 Å². The Morgan fingerprint density at radius 1 is 1.15 bits per heavy atom. The maximum Gasteiger partial charge on any atom is 0.321 e. The van der Waals surface area contributed by atoms with Gasteiger partial charge in [-0.15, -0.1) is 0 Å². The highest BCUT2D eigenvalue weighted by Crippen LogP contribution is 2.06. The van der Waals surface area contributed by atoms with Crippen LogP contribution in [0.3, 0.4) is 0 Å². The lowest BCUT2D eigenvalue weighted by Gasteiger charge is -2.10. The van der Waals surface area contributed by atoms with Crippen LogP contribution in [0.15, 0.2) is 0 Å². The van der Waals surface area contributed by atoms with Gasteiger partial charge in [0.15, 0.2) is 0 Å². The first-order chi connectivity index (χ1) is 9.31. The summed E-state index contributed by atoms with van der Waals surface area (Å²) in [6.45, 7) is 7.01. The van der Waals surface area contributed by atoms with Gasteiger partial charge in [-0.3, -0.25) is 14.9 Å². The molecule has 0 spiro atoms. The molecule has 3 amide bonds. The average molecular weight is 288 g/mol. The van der Waals surface area contributed by atoms with Gasteiger partial charge in [-0.1, -0.05) is 20.8 Å². The number of carbonyl (C=O) groups excluding carboxylic acids is 2. The molecular weight excluding hydrogens is 264 g/mol. The predicted octanol–water partition coefficient (Wildman–Crippen LogP) is 0.986. The van der Waals surface area contributed by atoms with Crippen LogP contribution < -0.4 is 10.6 Å². The molecule has 3 N–H and O–H groups in total. The Bertz CT molecular complexity index is 331. The monoisotopic (exact) mass is 288 g/mol. The van der Waals surface area contributed by atoms with E-state index in [2.05, 4.69) is 10.6 Å². The molecule has 0 saturated heterocycles. The Hall–Kier alpha value is -1.63. The summed E-state index contributed by atoms with van der Waals surface area (Å²) in [5.74, 6) is -1.33. The van der Waals surface area contributed by atoms with Gasteiger partial charge >= 0.3 is 12.0 Å². The molecule has 0 radical (unpaired) electrons. The van der Waals surface area contributed by atoms with Crippen molar-refractivity contribution in [3.05, 3.63) is 0 Å². The van der Waals surface area contributed by atoms with Gasteiger partial charge in [-0.25, -0.2) is 4.79 Å². The molecule has 7 nitrogen and oxygen atoms in total. The first-order valence-corrected chi connectivity index (χ1v) is 6.68. The van der Waals surface area contributed by atoms with Crippen molar-refractivity contribution in [2.24, 2.45) is 11.8 Å². The molecule has 0 rings (SSSR count). The number of hydrogen-bond acceptors (Lipinski definition) is 4. The Balaban J connectivity index is 3.69. The molecule has 1 unspecified atom stereocenters. The topological polar surface area (TPSA) is 105 Å². The molecule has 0 aliphatic rings. The Morgan fingerprint density at radius 3 is 2.35 bits per heavy atom. The van der Waals surface area contributed by atoms with Gasteiger partial charge in [-0.05, 0) is 11.8 Å². The summed E-state index contributed by atoms with van der Waals surface area (Å²) >= 11 is 0. The van der Waals surface area contributed by atoms with E-state index in [1.165, 1.54) is 0 Å². The van der Waals surface area contributed by atoms with Gasteiger partial charge in [0.1, 0.15) is 0 Å². The summed E-state index contributed by atoms with van der Waals surface area (Å²) in [5, 5.41) is 13.2. The summed E-state index contributed by atoms with van der Waals surface area (Å²) < 4.78 is 5.27. The molecule has 0 heterocycles. The fourth-order valence-corrected chi connectivity index (χ4v) is 1.46. The van der Waals surface area contributed by atoms with Crippen molar-refractivity contribution in [3.8, 4) is 0 Å². The van der Waals surface area contributed by atoms with E-state index in [0.29, 0.717) is 25.7 Å². The number of imide groups is 1. The number of carboxylic acid groups (broad SMARTS) is 1. The van der Waals surface area contributed by atoms with Crippen LogP contribution in [0.5, 0.6) is 0 Å². The summed E-state index contributed by atoms with van der Waals surface area (Å²) in [6, 6.07) is -0.592. The van der Waals surface area contributed by atoms with Gasteiger partial charge < -0.3 is 15.2 Å². The van der Waals surface area contributed by atoms with E-state index >= 15 is 0 Å². The molecule has 0 aliphatic heterocycles. The van der Waals surface area contributed by atoms with E-state index in [0.717, 1.165) is 0 Å². The van der Waals surface area contributed by atoms with Crippen molar-refractivity contribution in [2.75, 3.05) is 19.8 Å². The highest BCUT2D eigenvalue weighted by atomic mass is 16.5. The van der Waals surface area contributed by atoms with Crippen molar-refractivity contribution in [3.63, 3.8) is 0 Å². The molecule has 0 aromatic heterocycles. The second-order valence-corrected chi connectivity index (χ2v) is 5.18. The lowest BCUT2D eigenvalue weighted by molar-refractivity contribution is -0.138. The fraction of sp³-hybridized carbons (Fsp3) is 0.769. The van der Waals surface area contributed by atoms with Crippen LogP contribution in [0.4, 0.5) is 4.79 Å². The normalized spacial score (nSPS) is 12.0. The van der Waals surface area contributed by atoms with Crippen LogP contribution in [-0.4, -0.2) is 42.8 Å². The number of aliphatic carboxylic acids is 1. The molecule has 0 saturated carbocycles. The maximum absolute atomic E-state index is 11.4. The molecule has 0 aliphatic carbocycles. The summed E-state index contributed by atoms with van der Waals surface area (Å²) in [5.41, 5.74) is 0. The molecule has 116 valence electrons. The lowest BCUT2D eigenvalue weighted by Crippen LogP contribution is -2.41. The highest BCUT2D eigenvalue weighted by Gasteiger charge is 2.14. The summed E-state index contributed by atoms with van der Waals surface area (Å²) in [4.78, 5) is 33.2. The minimum atomic E-state index is -0.961. The molecule has 0 bridgehead atoms. The largest absolute Gasteiger partial charge is 0.481 e. The van der Waals surface area contributed by atoms with Crippen LogP contribution in [0.25, 0.3) is 0 Å². The van der Waals surface area contributed by atoms with Crippen LogP contribution >= 0.6 is 0 Å². The second kappa shape index (κ2) is 10.2. The third kappa shape index (κ3) is 11.5. The first kappa shape index (κ1) is 18.4. The Kier molecular flexibility index (Phi) is 9.36. The number of carboxylic acids is 1. The molecular formula is C13H24N2O5. The standard InChI is InChI=1S/C13H24N2O5/c1-9(2)8-20-5-4-14-13(19)15-11(16)6-10(3)7-12(17)18/h9-10H,4-8H2,1-3H3,(H,17,18)(H2,14,15,16,19). The predicted molar refractivity (Wildman–Crippen MR) is 73.2 cm³/mol. The molecule has 0 aromatic carbocycles. The van der Waals surface area contributed by atoms with Gasteiger partial charge in [0.25, 0.3) is 0 Å². The smallest absolute Gasteiger partial charge is 0.321 e. The third-order valence-electron chi connectivity index (χ3n) is 2.29. The Morgan fingerprint density at radius 2 is 1.80 bits per heavy atom. The van der Waals surface area contributed by atoms with E-state index in [4.69, 9.17) is 9.84 Å². The number of urea groups is 1. The number of ether oxygens (including phenoxy) is 1. The first-order valence-electron chi connectivity index (χ1n) is 6.68. The minimum Gasteiger partial charge on any atom is -0.481 e. The quantitative estimate of drug-likeness (QED) is 0.549. The van der Waals surface area contributed by atoms with Crippen molar-refractivity contribution in [2.45, 2.75) is 33.6 Å². The van der Waals surface area contributed by atoms with Crippen LogP contribution in [0.2, 0.25) is 0 Å². The number of amides is 3.